The van der Waals surface area contributed by atoms with E-state index in [1.54, 1.807) is 12.1 Å². The van der Waals surface area contributed by atoms with Gasteiger partial charge in [0.2, 0.25) is 5.95 Å². The molecule has 0 aliphatic carbocycles. The van der Waals surface area contributed by atoms with Crippen LogP contribution in [0, 0.1) is 5.82 Å². The minimum Gasteiger partial charge on any atom is -0.378 e. The molecule has 33 heavy (non-hydrogen) atoms. The van der Waals surface area contributed by atoms with Crippen LogP contribution in [-0.4, -0.2) is 66.9 Å². The number of halogens is 2. The first-order chi connectivity index (χ1) is 16.1. The fourth-order valence-electron chi connectivity index (χ4n) is 4.32. The van der Waals surface area contributed by atoms with E-state index in [2.05, 4.69) is 26.6 Å². The van der Waals surface area contributed by atoms with Gasteiger partial charge in [-0.25, -0.2) is 14.4 Å². The Bertz CT molecular complexity index is 1110. The van der Waals surface area contributed by atoms with Crippen LogP contribution in [0.15, 0.2) is 48.7 Å². The molecule has 2 aliphatic rings. The summed E-state index contributed by atoms with van der Waals surface area (Å²) in [6.45, 7) is 7.41. The molecule has 5 rings (SSSR count). The standard InChI is InChI=1S/C24H26ClFN6O/c1-17-16-31(8-9-32(17)22-4-2-3-7-27-22)23-15-21(18-5-6-20(26)19(25)14-18)28-24(29-23)30-10-12-33-13-11-30/h2-7,14-15,17H,8-13,16H2,1H3. The zero-order valence-electron chi connectivity index (χ0n) is 18.5. The summed E-state index contributed by atoms with van der Waals surface area (Å²) in [6.07, 6.45) is 1.83. The summed E-state index contributed by atoms with van der Waals surface area (Å²) in [4.78, 5) is 21.0. The quantitative estimate of drug-likeness (QED) is 0.575. The lowest BCUT2D eigenvalue weighted by Crippen LogP contribution is -2.52. The molecule has 2 saturated heterocycles. The Morgan fingerprint density at radius 1 is 0.970 bits per heavy atom. The smallest absolute Gasteiger partial charge is 0.228 e. The number of ether oxygens (including phenoxy) is 1. The van der Waals surface area contributed by atoms with Gasteiger partial charge >= 0.3 is 0 Å². The predicted molar refractivity (Wildman–Crippen MR) is 129 cm³/mol. The van der Waals surface area contributed by atoms with E-state index in [1.165, 1.54) is 6.07 Å². The van der Waals surface area contributed by atoms with Crippen LogP contribution in [0.4, 0.5) is 22.0 Å². The first kappa shape index (κ1) is 21.9. The van der Waals surface area contributed by atoms with Crippen LogP contribution in [0.2, 0.25) is 5.02 Å². The van der Waals surface area contributed by atoms with E-state index in [-0.39, 0.29) is 11.1 Å². The Morgan fingerprint density at radius 2 is 1.82 bits per heavy atom. The fourth-order valence-corrected chi connectivity index (χ4v) is 4.50. The highest BCUT2D eigenvalue weighted by molar-refractivity contribution is 6.31. The molecule has 4 heterocycles. The number of piperazine rings is 1. The van der Waals surface area contributed by atoms with Crippen molar-refractivity contribution in [3.63, 3.8) is 0 Å². The van der Waals surface area contributed by atoms with Gasteiger partial charge in [0.05, 0.1) is 23.9 Å². The number of aromatic nitrogens is 3. The Morgan fingerprint density at radius 3 is 2.55 bits per heavy atom. The molecule has 0 N–H and O–H groups in total. The normalized spacial score (nSPS) is 19.1. The van der Waals surface area contributed by atoms with Gasteiger partial charge < -0.3 is 19.4 Å². The molecule has 1 unspecified atom stereocenters. The largest absolute Gasteiger partial charge is 0.378 e. The van der Waals surface area contributed by atoms with E-state index < -0.39 is 5.82 Å². The van der Waals surface area contributed by atoms with Crippen molar-refractivity contribution in [1.82, 2.24) is 15.0 Å². The second-order valence-corrected chi connectivity index (χ2v) is 8.72. The van der Waals surface area contributed by atoms with Crippen molar-refractivity contribution in [3.05, 3.63) is 59.5 Å². The predicted octanol–water partition coefficient (Wildman–Crippen LogP) is 3.88. The Kier molecular flexibility index (Phi) is 6.28. The number of hydrogen-bond acceptors (Lipinski definition) is 7. The third kappa shape index (κ3) is 4.72. The lowest BCUT2D eigenvalue weighted by molar-refractivity contribution is 0.122. The average Bonchev–Trinajstić information content (AvgIpc) is 2.86. The minimum atomic E-state index is -0.442. The number of pyridine rings is 1. The molecule has 0 bridgehead atoms. The van der Waals surface area contributed by atoms with Crippen LogP contribution in [-0.2, 0) is 4.74 Å². The van der Waals surface area contributed by atoms with E-state index in [0.717, 1.165) is 55.6 Å². The lowest BCUT2D eigenvalue weighted by Gasteiger charge is -2.41. The molecule has 0 amide bonds. The molecule has 2 aromatic heterocycles. The minimum absolute atomic E-state index is 0.0817. The van der Waals surface area contributed by atoms with E-state index in [0.29, 0.717) is 19.2 Å². The molecule has 1 aromatic carbocycles. The number of morpholine rings is 1. The number of rotatable bonds is 4. The molecule has 172 valence electrons. The van der Waals surface area contributed by atoms with Crippen molar-refractivity contribution >= 4 is 29.2 Å². The molecular weight excluding hydrogens is 443 g/mol. The molecule has 3 aromatic rings. The number of anilines is 3. The second kappa shape index (κ2) is 9.49. The number of hydrogen-bond donors (Lipinski definition) is 0. The van der Waals surface area contributed by atoms with Crippen LogP contribution in [0.5, 0.6) is 0 Å². The molecular formula is C24H26ClFN6O. The summed E-state index contributed by atoms with van der Waals surface area (Å²) in [5, 5.41) is 0.0817. The number of benzene rings is 1. The van der Waals surface area contributed by atoms with Crippen molar-refractivity contribution in [1.29, 1.82) is 0 Å². The van der Waals surface area contributed by atoms with E-state index >= 15 is 0 Å². The van der Waals surface area contributed by atoms with E-state index in [4.69, 9.17) is 26.3 Å². The van der Waals surface area contributed by atoms with Crippen molar-refractivity contribution in [3.8, 4) is 11.3 Å². The summed E-state index contributed by atoms with van der Waals surface area (Å²) in [5.74, 6) is 2.06. The molecule has 7 nitrogen and oxygen atoms in total. The Hall–Kier alpha value is -2.97. The van der Waals surface area contributed by atoms with Crippen LogP contribution >= 0.6 is 11.6 Å². The highest BCUT2D eigenvalue weighted by Gasteiger charge is 2.27. The summed E-state index contributed by atoms with van der Waals surface area (Å²) in [6, 6.07) is 12.9. The third-order valence-electron chi connectivity index (χ3n) is 6.11. The molecule has 0 radical (unpaired) electrons. The number of nitrogens with zero attached hydrogens (tertiary/aromatic N) is 6. The maximum atomic E-state index is 13.8. The maximum Gasteiger partial charge on any atom is 0.228 e. The van der Waals surface area contributed by atoms with E-state index in [1.807, 2.05) is 30.5 Å². The van der Waals surface area contributed by atoms with Crippen molar-refractivity contribution < 1.29 is 9.13 Å². The van der Waals surface area contributed by atoms with Gasteiger partial charge in [-0.15, -0.1) is 0 Å². The summed E-state index contributed by atoms with van der Waals surface area (Å²) in [5.41, 5.74) is 1.49. The van der Waals surface area contributed by atoms with Crippen LogP contribution in [0.25, 0.3) is 11.3 Å². The monoisotopic (exact) mass is 468 g/mol. The lowest BCUT2D eigenvalue weighted by atomic mass is 10.1. The first-order valence-corrected chi connectivity index (χ1v) is 11.6. The Balaban J connectivity index is 1.46. The zero-order chi connectivity index (χ0) is 22.8. The molecule has 0 spiro atoms. The van der Waals surface area contributed by atoms with E-state index in [9.17, 15) is 4.39 Å². The maximum absolute atomic E-state index is 13.8. The topological polar surface area (TPSA) is 57.6 Å². The van der Waals surface area contributed by atoms with Gasteiger partial charge in [-0.3, -0.25) is 0 Å². The van der Waals surface area contributed by atoms with Crippen LogP contribution in [0.1, 0.15) is 6.92 Å². The van der Waals surface area contributed by atoms with Gasteiger partial charge in [-0.05, 0) is 37.3 Å². The highest BCUT2D eigenvalue weighted by atomic mass is 35.5. The van der Waals surface area contributed by atoms with Gasteiger partial charge in [0.25, 0.3) is 0 Å². The van der Waals surface area contributed by atoms with Gasteiger partial charge in [0.15, 0.2) is 0 Å². The molecule has 2 aliphatic heterocycles. The van der Waals surface area contributed by atoms with Crippen molar-refractivity contribution in [2.45, 2.75) is 13.0 Å². The summed E-state index contributed by atoms with van der Waals surface area (Å²) < 4.78 is 19.3. The second-order valence-electron chi connectivity index (χ2n) is 8.32. The van der Waals surface area contributed by atoms with Gasteiger partial charge in [-0.1, -0.05) is 17.7 Å². The van der Waals surface area contributed by atoms with Gasteiger partial charge in [0.1, 0.15) is 17.5 Å². The highest BCUT2D eigenvalue weighted by Crippen LogP contribution is 2.30. The summed E-state index contributed by atoms with van der Waals surface area (Å²) >= 11 is 6.07. The SMILES string of the molecule is CC1CN(c2cc(-c3ccc(F)c(Cl)c3)nc(N3CCOCC3)n2)CCN1c1ccccn1. The van der Waals surface area contributed by atoms with Crippen molar-refractivity contribution in [2.75, 3.05) is 60.6 Å². The molecule has 1 atom stereocenters. The van der Waals surface area contributed by atoms with Crippen LogP contribution in [0.3, 0.4) is 0 Å². The van der Waals surface area contributed by atoms with Gasteiger partial charge in [0, 0.05) is 56.6 Å². The first-order valence-electron chi connectivity index (χ1n) is 11.2. The molecule has 9 heteroatoms. The third-order valence-corrected chi connectivity index (χ3v) is 6.39. The van der Waals surface area contributed by atoms with Crippen molar-refractivity contribution in [2.24, 2.45) is 0 Å². The zero-order valence-corrected chi connectivity index (χ0v) is 19.2. The molecule has 2 fully saturated rings. The Labute approximate surface area is 197 Å². The molecule has 0 saturated carbocycles. The van der Waals surface area contributed by atoms with Crippen LogP contribution < -0.4 is 14.7 Å². The van der Waals surface area contributed by atoms with Gasteiger partial charge in [-0.2, -0.15) is 4.98 Å². The summed E-state index contributed by atoms with van der Waals surface area (Å²) in [7, 11) is 0. The average molecular weight is 469 g/mol. The fraction of sp³-hybridized carbons (Fsp3) is 0.375.